The van der Waals surface area contributed by atoms with Crippen LogP contribution in [-0.2, 0) is 4.74 Å². The average molecular weight is 486 g/mol. The summed E-state index contributed by atoms with van der Waals surface area (Å²) in [6.45, 7) is 0. The molecule has 1 nitrogen and oxygen atoms in total. The first-order valence-electron chi connectivity index (χ1n) is 7.08. The molecule has 0 amide bonds. The smallest absolute Gasteiger partial charge is 0.323 e. The summed E-state index contributed by atoms with van der Waals surface area (Å²) in [4.78, 5) is 0. The van der Waals surface area contributed by atoms with Crippen LogP contribution in [-0.4, -0.2) is 65.8 Å². The first-order valence-corrected chi connectivity index (χ1v) is 7.08. The highest BCUT2D eigenvalue weighted by atomic mass is 19.4. The zero-order chi connectivity index (χ0) is 24.2. The maximum atomic E-state index is 14.5. The number of hydrogen-bond donors (Lipinski definition) is 0. The zero-order valence-corrected chi connectivity index (χ0v) is 13.3. The van der Waals surface area contributed by atoms with Crippen LogP contribution in [0.15, 0.2) is 0 Å². The second-order valence-electron chi connectivity index (χ2n) is 6.89. The minimum atomic E-state index is -8.18. The van der Waals surface area contributed by atoms with Crippen LogP contribution >= 0.6 is 0 Å². The summed E-state index contributed by atoms with van der Waals surface area (Å²) in [5, 5.41) is 0. The molecule has 0 aromatic carbocycles. The number of alkyl halides is 17. The van der Waals surface area contributed by atoms with E-state index in [-0.39, 0.29) is 0 Å². The third-order valence-electron chi connectivity index (χ3n) is 6.00. The van der Waals surface area contributed by atoms with E-state index in [1.165, 1.54) is 0 Å². The van der Waals surface area contributed by atoms with E-state index in [9.17, 15) is 74.6 Å². The van der Waals surface area contributed by atoms with Gasteiger partial charge in [0.2, 0.25) is 0 Å². The van der Waals surface area contributed by atoms with Crippen LogP contribution in [0, 0.1) is 5.41 Å². The van der Waals surface area contributed by atoms with E-state index in [2.05, 4.69) is 4.74 Å². The standard InChI is InChI=1S/C12H3F17O/c1-30-12(28,29)2-6(16,17)3(13)9(22,23)4(14,7(2,18)19)11(26,27)5(15,8(2,20)21)10(3,24)25/h1H3. The van der Waals surface area contributed by atoms with Crippen molar-refractivity contribution >= 4 is 0 Å². The Kier molecular flexibility index (Phi) is 3.59. The summed E-state index contributed by atoms with van der Waals surface area (Å²) in [5.41, 5.74) is -32.1. The minimum absolute atomic E-state index is 0.726. The lowest BCUT2D eigenvalue weighted by atomic mass is 9.36. The fourth-order valence-electron chi connectivity index (χ4n) is 4.55. The maximum Gasteiger partial charge on any atom is 0.379 e. The number of hydrogen-bond acceptors (Lipinski definition) is 1. The van der Waals surface area contributed by atoms with Gasteiger partial charge in [-0.3, -0.25) is 0 Å². The van der Waals surface area contributed by atoms with Gasteiger partial charge in [0.15, 0.2) is 0 Å². The molecule has 0 saturated heterocycles. The van der Waals surface area contributed by atoms with Gasteiger partial charge in [-0.15, -0.1) is 0 Å². The van der Waals surface area contributed by atoms with Crippen molar-refractivity contribution in [3.8, 4) is 0 Å². The maximum absolute atomic E-state index is 14.5. The summed E-state index contributed by atoms with van der Waals surface area (Å²) >= 11 is 0. The first kappa shape index (κ1) is 23.4. The van der Waals surface area contributed by atoms with Crippen LogP contribution in [0.5, 0.6) is 0 Å². The largest absolute Gasteiger partial charge is 0.379 e. The molecule has 0 unspecified atom stereocenters. The predicted molar refractivity (Wildman–Crippen MR) is 55.6 cm³/mol. The Morgan fingerprint density at radius 1 is 0.433 bits per heavy atom. The minimum Gasteiger partial charge on any atom is -0.323 e. The molecule has 4 aliphatic rings. The van der Waals surface area contributed by atoms with E-state index in [1.807, 2.05) is 0 Å². The quantitative estimate of drug-likeness (QED) is 0.489. The molecule has 30 heavy (non-hydrogen) atoms. The molecule has 0 radical (unpaired) electrons. The molecule has 0 spiro atoms. The molecule has 18 heteroatoms. The third kappa shape index (κ3) is 1.26. The number of halogens is 17. The van der Waals surface area contributed by atoms with E-state index < -0.39 is 71.2 Å². The fraction of sp³-hybridized carbons (Fsp3) is 1.00. The highest BCUT2D eigenvalue weighted by Crippen LogP contribution is 2.92. The molecule has 4 fully saturated rings. The molecule has 0 N–H and O–H groups in total. The van der Waals surface area contributed by atoms with Crippen molar-refractivity contribution in [2.45, 2.75) is 58.7 Å². The van der Waals surface area contributed by atoms with Gasteiger partial charge < -0.3 is 4.74 Å². The Morgan fingerprint density at radius 2 is 0.633 bits per heavy atom. The van der Waals surface area contributed by atoms with E-state index in [0.717, 1.165) is 0 Å². The zero-order valence-electron chi connectivity index (χ0n) is 13.3. The molecular weight excluding hydrogens is 483 g/mol. The molecule has 4 rings (SSSR count). The molecule has 176 valence electrons. The second kappa shape index (κ2) is 4.60. The molecule has 0 aliphatic heterocycles. The summed E-state index contributed by atoms with van der Waals surface area (Å²) < 4.78 is 244. The lowest BCUT2D eigenvalue weighted by Crippen LogP contribution is -3.09. The molecule has 0 aromatic heterocycles. The summed E-state index contributed by atoms with van der Waals surface area (Å²) in [5.74, 6) is -48.8. The molecule has 4 aliphatic carbocycles. The van der Waals surface area contributed by atoms with Crippen molar-refractivity contribution in [3.63, 3.8) is 0 Å². The molecule has 0 heterocycles. The van der Waals surface area contributed by atoms with Gasteiger partial charge in [0, 0.05) is 7.11 Å². The van der Waals surface area contributed by atoms with Crippen molar-refractivity contribution in [2.75, 3.05) is 7.11 Å². The van der Waals surface area contributed by atoms with E-state index in [4.69, 9.17) is 0 Å². The van der Waals surface area contributed by atoms with Crippen molar-refractivity contribution in [1.82, 2.24) is 0 Å². The van der Waals surface area contributed by atoms with Crippen molar-refractivity contribution in [1.29, 1.82) is 0 Å². The highest BCUT2D eigenvalue weighted by Gasteiger charge is 3.25. The van der Waals surface area contributed by atoms with Gasteiger partial charge in [-0.05, 0) is 0 Å². The number of ether oxygens (including phenoxy) is 1. The topological polar surface area (TPSA) is 9.23 Å². The van der Waals surface area contributed by atoms with Crippen LogP contribution in [0.2, 0.25) is 0 Å². The Morgan fingerprint density at radius 3 is 0.800 bits per heavy atom. The summed E-state index contributed by atoms with van der Waals surface area (Å²) in [7, 11) is -0.726. The van der Waals surface area contributed by atoms with Gasteiger partial charge >= 0.3 is 58.7 Å². The van der Waals surface area contributed by atoms with Gasteiger partial charge in [0.05, 0.1) is 0 Å². The fourth-order valence-corrected chi connectivity index (χ4v) is 4.55. The molecule has 4 bridgehead atoms. The average Bonchev–Trinajstić information content (AvgIpc) is 2.54. The number of methoxy groups -OCH3 is 1. The Balaban J connectivity index is 2.79. The third-order valence-corrected chi connectivity index (χ3v) is 6.00. The predicted octanol–water partition coefficient (Wildman–Crippen LogP) is 5.19. The lowest BCUT2D eigenvalue weighted by molar-refractivity contribution is -0.639. The Labute approximate surface area is 152 Å². The molecule has 0 aromatic rings. The Bertz CT molecular complexity index is 700. The lowest BCUT2D eigenvalue weighted by Gasteiger charge is -2.75. The van der Waals surface area contributed by atoms with E-state index in [1.54, 1.807) is 0 Å². The van der Waals surface area contributed by atoms with Gasteiger partial charge in [-0.2, -0.15) is 35.1 Å². The van der Waals surface area contributed by atoms with E-state index in [0.29, 0.717) is 0 Å². The van der Waals surface area contributed by atoms with Crippen LogP contribution in [0.1, 0.15) is 0 Å². The highest BCUT2D eigenvalue weighted by molar-refractivity contribution is 5.53. The second-order valence-corrected chi connectivity index (χ2v) is 6.89. The van der Waals surface area contributed by atoms with Crippen LogP contribution < -0.4 is 0 Å². The monoisotopic (exact) mass is 486 g/mol. The van der Waals surface area contributed by atoms with Crippen molar-refractivity contribution in [3.05, 3.63) is 0 Å². The van der Waals surface area contributed by atoms with E-state index >= 15 is 0 Å². The SMILES string of the molecule is COC(F)(F)C12C(F)(F)C3(F)C(F)(F)C(F)(C(F)(F)C(F)(C3(F)F)C1(F)F)C2(F)F. The van der Waals surface area contributed by atoms with Crippen LogP contribution in [0.4, 0.5) is 74.6 Å². The summed E-state index contributed by atoms with van der Waals surface area (Å²) in [6, 6.07) is 0. The van der Waals surface area contributed by atoms with Gasteiger partial charge in [0.1, 0.15) is 0 Å². The van der Waals surface area contributed by atoms with Gasteiger partial charge in [-0.25, -0.2) is 39.5 Å². The normalized spacial score (nSPS) is 48.6. The Hall–Kier alpha value is -1.23. The van der Waals surface area contributed by atoms with Crippen molar-refractivity contribution < 1.29 is 79.4 Å². The first-order chi connectivity index (χ1) is 12.8. The molecular formula is C12H3F17O. The van der Waals surface area contributed by atoms with Gasteiger partial charge in [0.25, 0.3) is 5.41 Å². The molecule has 4 saturated carbocycles. The summed E-state index contributed by atoms with van der Waals surface area (Å²) in [6.07, 6.45) is -7.24. The number of rotatable bonds is 2. The molecule has 0 atom stereocenters. The van der Waals surface area contributed by atoms with Gasteiger partial charge in [-0.1, -0.05) is 0 Å². The van der Waals surface area contributed by atoms with Crippen molar-refractivity contribution in [2.24, 2.45) is 5.41 Å². The van der Waals surface area contributed by atoms with Crippen LogP contribution in [0.3, 0.4) is 0 Å². The van der Waals surface area contributed by atoms with Crippen LogP contribution in [0.25, 0.3) is 0 Å².